The molecule has 0 amide bonds. The van der Waals surface area contributed by atoms with Crippen molar-refractivity contribution in [3.63, 3.8) is 0 Å². The van der Waals surface area contributed by atoms with Gasteiger partial charge in [-0.3, -0.25) is 9.13 Å². The molecule has 5 N–H and O–H groups in total. The van der Waals surface area contributed by atoms with Crippen LogP contribution in [0, 0.1) is 0 Å². The third-order valence-electron chi connectivity index (χ3n) is 3.93. The van der Waals surface area contributed by atoms with E-state index in [-0.39, 0.29) is 6.54 Å². The molecule has 25 heavy (non-hydrogen) atoms. The molecule has 1 rings (SSSR count). The van der Waals surface area contributed by atoms with E-state index in [0.717, 1.165) is 24.2 Å². The second kappa shape index (κ2) is 8.75. The van der Waals surface area contributed by atoms with Crippen LogP contribution in [0.1, 0.15) is 18.4 Å². The minimum atomic E-state index is -5.39. The maximum atomic E-state index is 11.3. The van der Waals surface area contributed by atoms with Gasteiger partial charge in [-0.1, -0.05) is 12.1 Å². The highest BCUT2D eigenvalue weighted by molar-refractivity contribution is 7.72. The third kappa shape index (κ3) is 6.16. The highest BCUT2D eigenvalue weighted by Gasteiger charge is 2.58. The average Bonchev–Trinajstić information content (AvgIpc) is 2.51. The van der Waals surface area contributed by atoms with E-state index in [4.69, 9.17) is 24.3 Å². The number of nitrogens with zero attached hydrogens (tertiary/aromatic N) is 1. The molecule has 0 spiro atoms. The van der Waals surface area contributed by atoms with Crippen molar-refractivity contribution in [2.45, 2.75) is 24.3 Å². The van der Waals surface area contributed by atoms with Gasteiger partial charge in [-0.25, -0.2) is 0 Å². The lowest BCUT2D eigenvalue weighted by molar-refractivity contribution is 0.112. The Bertz CT molecular complexity index is 617. The molecule has 144 valence electrons. The highest BCUT2D eigenvalue weighted by Crippen LogP contribution is 2.68. The molecule has 0 saturated carbocycles. The molecule has 1 aromatic rings. The number of hydrogen-bond donors (Lipinski definition) is 5. The second-order valence-corrected chi connectivity index (χ2v) is 9.88. The van der Waals surface area contributed by atoms with Gasteiger partial charge in [0.15, 0.2) is 0 Å². The van der Waals surface area contributed by atoms with Crippen LogP contribution in [0.25, 0.3) is 0 Å². The number of aryl methyl sites for hydroxylation is 1. The zero-order valence-corrected chi connectivity index (χ0v) is 15.9. The van der Waals surface area contributed by atoms with Crippen molar-refractivity contribution in [2.24, 2.45) is 0 Å². The summed E-state index contributed by atoms with van der Waals surface area (Å²) in [5.74, 6) is 0.759. The van der Waals surface area contributed by atoms with Crippen molar-refractivity contribution in [1.82, 2.24) is 4.90 Å². The van der Waals surface area contributed by atoms with E-state index in [2.05, 4.69) is 0 Å². The monoisotopic (exact) mass is 397 g/mol. The van der Waals surface area contributed by atoms with E-state index in [9.17, 15) is 14.2 Å². The highest BCUT2D eigenvalue weighted by atomic mass is 31.2. The van der Waals surface area contributed by atoms with Gasteiger partial charge in [0, 0.05) is 13.0 Å². The Kier molecular flexibility index (Phi) is 7.80. The van der Waals surface area contributed by atoms with Crippen LogP contribution in [0.15, 0.2) is 24.3 Å². The largest absolute Gasteiger partial charge is 0.497 e. The molecule has 0 atom stereocenters. The smallest absolute Gasteiger partial charge is 0.369 e. The van der Waals surface area contributed by atoms with Crippen LogP contribution in [0.3, 0.4) is 0 Å². The van der Waals surface area contributed by atoms with Crippen LogP contribution in [-0.4, -0.2) is 61.9 Å². The van der Waals surface area contributed by atoms with E-state index in [1.54, 1.807) is 19.1 Å². The van der Waals surface area contributed by atoms with Gasteiger partial charge >= 0.3 is 15.2 Å². The molecule has 0 fully saturated rings. The molecule has 0 unspecified atom stereocenters. The summed E-state index contributed by atoms with van der Waals surface area (Å²) in [4.78, 5) is 38.0. The van der Waals surface area contributed by atoms with Gasteiger partial charge in [-0.05, 0) is 44.1 Å². The molecular formula is C14H25NO8P2. The molecule has 0 heterocycles. The van der Waals surface area contributed by atoms with E-state index in [1.165, 1.54) is 0 Å². The maximum Gasteiger partial charge on any atom is 0.369 e. The summed E-state index contributed by atoms with van der Waals surface area (Å²) in [7, 11) is -7.56. The van der Waals surface area contributed by atoms with Gasteiger partial charge < -0.3 is 34.3 Å². The summed E-state index contributed by atoms with van der Waals surface area (Å²) in [6.07, 6.45) is 0.753. The molecule has 0 saturated heterocycles. The van der Waals surface area contributed by atoms with Crippen LogP contribution in [0.2, 0.25) is 0 Å². The molecule has 9 nitrogen and oxygen atoms in total. The van der Waals surface area contributed by atoms with Gasteiger partial charge in [0.1, 0.15) is 5.75 Å². The molecule has 1 aromatic carbocycles. The normalized spacial score (nSPS) is 13.3. The van der Waals surface area contributed by atoms with Crippen LogP contribution < -0.4 is 4.74 Å². The van der Waals surface area contributed by atoms with Crippen molar-refractivity contribution in [3.8, 4) is 5.75 Å². The molecule has 0 radical (unpaired) electrons. The molecule has 0 aliphatic carbocycles. The summed E-state index contributed by atoms with van der Waals surface area (Å²) in [6.45, 7) is 0.458. The molecule has 0 aliphatic rings. The topological polar surface area (TPSA) is 148 Å². The van der Waals surface area contributed by atoms with Crippen LogP contribution in [0.4, 0.5) is 0 Å². The number of ether oxygens (including phenoxy) is 1. The third-order valence-corrected chi connectivity index (χ3v) is 7.80. The summed E-state index contributed by atoms with van der Waals surface area (Å²) in [5.41, 5.74) is 1.09. The summed E-state index contributed by atoms with van der Waals surface area (Å²) in [6, 6.07) is 7.55. The van der Waals surface area contributed by atoms with Crippen molar-refractivity contribution in [2.75, 3.05) is 27.2 Å². The van der Waals surface area contributed by atoms with E-state index >= 15 is 0 Å². The van der Waals surface area contributed by atoms with E-state index < -0.39 is 26.7 Å². The fraction of sp³-hybridized carbons (Fsp3) is 0.571. The molecule has 0 bridgehead atoms. The van der Waals surface area contributed by atoms with Crippen LogP contribution >= 0.6 is 15.2 Å². The van der Waals surface area contributed by atoms with Crippen LogP contribution in [-0.2, 0) is 15.6 Å². The van der Waals surface area contributed by atoms with Gasteiger partial charge in [0.2, 0.25) is 0 Å². The Morgan fingerprint density at radius 2 is 1.56 bits per heavy atom. The molecule has 11 heteroatoms. The van der Waals surface area contributed by atoms with Crippen molar-refractivity contribution < 1.29 is 38.5 Å². The molecule has 0 aromatic heterocycles. The Morgan fingerprint density at radius 3 is 2.00 bits per heavy atom. The maximum absolute atomic E-state index is 11.3. The Balaban J connectivity index is 2.51. The quantitative estimate of drug-likeness (QED) is 0.364. The fourth-order valence-electron chi connectivity index (χ4n) is 2.26. The number of aliphatic hydroxyl groups is 1. The van der Waals surface area contributed by atoms with Gasteiger partial charge in [-0.15, -0.1) is 0 Å². The number of hydrogen-bond acceptors (Lipinski definition) is 5. The minimum absolute atomic E-state index is 0.0741. The number of methoxy groups -OCH3 is 1. The van der Waals surface area contributed by atoms with Crippen molar-refractivity contribution >= 4 is 15.2 Å². The predicted molar refractivity (Wildman–Crippen MR) is 92.5 cm³/mol. The first kappa shape index (κ1) is 22.3. The van der Waals surface area contributed by atoms with E-state index in [1.807, 2.05) is 24.3 Å². The SMILES string of the molecule is COc1ccc(CCCN(C)CCC(O)(P(=O)(O)O)P(=O)(O)O)cc1. The Hall–Kier alpha value is -0.760. The van der Waals surface area contributed by atoms with Gasteiger partial charge in [0.05, 0.1) is 7.11 Å². The Labute approximate surface area is 146 Å². The molecular weight excluding hydrogens is 372 g/mol. The first-order valence-electron chi connectivity index (χ1n) is 7.56. The molecule has 0 aliphatic heterocycles. The van der Waals surface area contributed by atoms with Gasteiger partial charge in [0.25, 0.3) is 5.08 Å². The van der Waals surface area contributed by atoms with E-state index in [0.29, 0.717) is 6.54 Å². The Morgan fingerprint density at radius 1 is 1.04 bits per heavy atom. The standard InChI is InChI=1S/C14H25NO8P2/c1-15(10-3-4-12-5-7-13(23-2)8-6-12)11-9-14(16,24(17,18)19)25(20,21)22/h5-8,16H,3-4,9-11H2,1-2H3,(H2,17,18,19)(H2,20,21,22). The fourth-order valence-corrected chi connectivity index (χ4v) is 4.40. The summed E-state index contributed by atoms with van der Waals surface area (Å²) < 4.78 is 27.6. The van der Waals surface area contributed by atoms with Crippen molar-refractivity contribution in [3.05, 3.63) is 29.8 Å². The first-order valence-corrected chi connectivity index (χ1v) is 10.8. The van der Waals surface area contributed by atoms with Crippen molar-refractivity contribution in [1.29, 1.82) is 0 Å². The first-order chi connectivity index (χ1) is 11.4. The van der Waals surface area contributed by atoms with Gasteiger partial charge in [-0.2, -0.15) is 0 Å². The summed E-state index contributed by atoms with van der Waals surface area (Å²) in [5, 5.41) is 6.46. The lowest BCUT2D eigenvalue weighted by atomic mass is 10.1. The lowest BCUT2D eigenvalue weighted by Crippen LogP contribution is -2.34. The average molecular weight is 397 g/mol. The number of benzene rings is 1. The second-order valence-electron chi connectivity index (χ2n) is 5.87. The van der Waals surface area contributed by atoms with Crippen LogP contribution in [0.5, 0.6) is 5.75 Å². The predicted octanol–water partition coefficient (Wildman–Crippen LogP) is 0.951. The zero-order valence-electron chi connectivity index (χ0n) is 14.1. The summed E-state index contributed by atoms with van der Waals surface area (Å²) >= 11 is 0. The zero-order chi connectivity index (χ0) is 19.3. The minimum Gasteiger partial charge on any atom is -0.497 e. The number of rotatable bonds is 10. The lowest BCUT2D eigenvalue weighted by Gasteiger charge is -2.30.